The molecule has 0 aliphatic carbocycles. The predicted molar refractivity (Wildman–Crippen MR) is 200 cm³/mol. The lowest BCUT2D eigenvalue weighted by Crippen LogP contribution is -1.99. The molecule has 2 aromatic heterocycles. The third kappa shape index (κ3) is 4.31. The molecule has 0 radical (unpaired) electrons. The average molecular weight is 636 g/mol. The highest BCUT2D eigenvalue weighted by Crippen LogP contribution is 2.39. The molecule has 0 aliphatic heterocycles. The molecule has 0 aliphatic rings. The zero-order valence-electron chi connectivity index (χ0n) is 26.7. The van der Waals surface area contributed by atoms with E-state index in [0.29, 0.717) is 16.7 Å². The van der Waals surface area contributed by atoms with E-state index in [0.717, 1.165) is 66.5 Å². The van der Waals surface area contributed by atoms with E-state index in [4.69, 9.17) is 0 Å². The Morgan fingerprint density at radius 1 is 0.400 bits per heavy atom. The number of aromatic nitrogens is 2. The van der Waals surface area contributed by atoms with Crippen molar-refractivity contribution < 1.29 is 0 Å². The van der Waals surface area contributed by atoms with E-state index in [1.165, 1.54) is 10.8 Å². The molecule has 9 aromatic rings. The third-order valence-corrected chi connectivity index (χ3v) is 9.65. The fourth-order valence-corrected chi connectivity index (χ4v) is 7.46. The number of fused-ring (bicyclic) bond motifs is 6. The minimum atomic E-state index is 0.558. The number of nitriles is 3. The molecule has 50 heavy (non-hydrogen) atoms. The number of hydrogen-bond acceptors (Lipinski definition) is 3. The van der Waals surface area contributed by atoms with Crippen LogP contribution in [0.1, 0.15) is 16.7 Å². The first-order chi connectivity index (χ1) is 24.7. The fraction of sp³-hybridized carbons (Fsp3) is 0. The average Bonchev–Trinajstić information content (AvgIpc) is 3.70. The third-order valence-electron chi connectivity index (χ3n) is 9.65. The molecule has 230 valence electrons. The molecule has 0 saturated carbocycles. The highest BCUT2D eigenvalue weighted by molar-refractivity contribution is 6.11. The molecule has 0 N–H and O–H groups in total. The monoisotopic (exact) mass is 635 g/mol. The van der Waals surface area contributed by atoms with E-state index in [9.17, 15) is 15.8 Å². The summed E-state index contributed by atoms with van der Waals surface area (Å²) in [6.45, 7) is 0. The van der Waals surface area contributed by atoms with Crippen LogP contribution in [0.4, 0.5) is 0 Å². The molecule has 0 spiro atoms. The van der Waals surface area contributed by atoms with Gasteiger partial charge in [0.15, 0.2) is 0 Å². The first-order valence-electron chi connectivity index (χ1n) is 16.3. The summed E-state index contributed by atoms with van der Waals surface area (Å²) in [4.78, 5) is 0. The second kappa shape index (κ2) is 11.4. The standard InChI is InChI=1S/C45H25N5/c46-26-29-16-23-43-39(24-29)38-11-3-6-14-42(38)50(43)44-15-7-8-32(27-47)45(44)31-19-17-30(18-20-31)35-22-21-34(25-33(35)28-48)49-40-12-4-1-9-36(40)37-10-2-5-13-41(37)49/h1-25H. The fourth-order valence-electron chi connectivity index (χ4n) is 7.46. The maximum absolute atomic E-state index is 10.4. The van der Waals surface area contributed by atoms with Crippen molar-refractivity contribution in [1.29, 1.82) is 15.8 Å². The van der Waals surface area contributed by atoms with Crippen LogP contribution >= 0.6 is 0 Å². The van der Waals surface area contributed by atoms with Crippen molar-refractivity contribution in [2.45, 2.75) is 0 Å². The van der Waals surface area contributed by atoms with E-state index >= 15 is 0 Å². The van der Waals surface area contributed by atoms with E-state index in [2.05, 4.69) is 81.9 Å². The Balaban J connectivity index is 1.17. The van der Waals surface area contributed by atoms with Gasteiger partial charge in [-0.2, -0.15) is 15.8 Å². The van der Waals surface area contributed by atoms with E-state index < -0.39 is 0 Å². The first kappa shape index (κ1) is 28.8. The van der Waals surface area contributed by atoms with Gasteiger partial charge in [-0.1, -0.05) is 91.0 Å². The van der Waals surface area contributed by atoms with E-state index in [1.54, 1.807) is 0 Å². The van der Waals surface area contributed by atoms with Gasteiger partial charge in [-0.3, -0.25) is 0 Å². The van der Waals surface area contributed by atoms with Gasteiger partial charge in [0.2, 0.25) is 0 Å². The van der Waals surface area contributed by atoms with E-state index in [1.807, 2.05) is 97.1 Å². The first-order valence-corrected chi connectivity index (χ1v) is 16.3. The molecule has 0 unspecified atom stereocenters. The van der Waals surface area contributed by atoms with Crippen molar-refractivity contribution in [3.8, 4) is 51.8 Å². The van der Waals surface area contributed by atoms with Crippen LogP contribution in [-0.2, 0) is 0 Å². The molecule has 0 saturated heterocycles. The highest BCUT2D eigenvalue weighted by Gasteiger charge is 2.19. The molecular weight excluding hydrogens is 611 g/mol. The molecule has 0 atom stereocenters. The second-order valence-corrected chi connectivity index (χ2v) is 12.3. The van der Waals surface area contributed by atoms with Gasteiger partial charge in [-0.15, -0.1) is 0 Å². The molecule has 7 aromatic carbocycles. The van der Waals surface area contributed by atoms with Crippen molar-refractivity contribution in [3.05, 3.63) is 168 Å². The van der Waals surface area contributed by atoms with Crippen LogP contribution in [0, 0.1) is 34.0 Å². The smallest absolute Gasteiger partial charge is 0.0998 e. The summed E-state index contributed by atoms with van der Waals surface area (Å²) in [7, 11) is 0. The number of nitrogens with zero attached hydrogens (tertiary/aromatic N) is 5. The Hall–Kier alpha value is -7.39. The molecule has 0 fully saturated rings. The minimum absolute atomic E-state index is 0.558. The molecule has 9 rings (SSSR count). The van der Waals surface area contributed by atoms with Crippen LogP contribution in [0.15, 0.2) is 152 Å². The zero-order valence-corrected chi connectivity index (χ0v) is 26.7. The number of hydrogen-bond donors (Lipinski definition) is 0. The lowest BCUT2D eigenvalue weighted by atomic mass is 9.94. The zero-order chi connectivity index (χ0) is 33.8. The quantitative estimate of drug-likeness (QED) is 0.193. The van der Waals surface area contributed by atoms with Crippen molar-refractivity contribution in [3.63, 3.8) is 0 Å². The predicted octanol–water partition coefficient (Wildman–Crippen LogP) is 10.8. The Kier molecular flexibility index (Phi) is 6.56. The van der Waals surface area contributed by atoms with Crippen molar-refractivity contribution in [1.82, 2.24) is 9.13 Å². The van der Waals surface area contributed by atoms with Gasteiger partial charge >= 0.3 is 0 Å². The number of para-hydroxylation sites is 3. The maximum Gasteiger partial charge on any atom is 0.0998 e. The summed E-state index contributed by atoms with van der Waals surface area (Å²) in [5.74, 6) is 0. The largest absolute Gasteiger partial charge is 0.309 e. The summed E-state index contributed by atoms with van der Waals surface area (Å²) in [5, 5.41) is 34.6. The van der Waals surface area contributed by atoms with Crippen LogP contribution in [0.5, 0.6) is 0 Å². The van der Waals surface area contributed by atoms with Crippen LogP contribution in [0.2, 0.25) is 0 Å². The van der Waals surface area contributed by atoms with Gasteiger partial charge in [-0.05, 0) is 77.4 Å². The second-order valence-electron chi connectivity index (χ2n) is 12.3. The van der Waals surface area contributed by atoms with Gasteiger partial charge in [-0.25, -0.2) is 0 Å². The molecule has 5 nitrogen and oxygen atoms in total. The van der Waals surface area contributed by atoms with Crippen molar-refractivity contribution in [2.24, 2.45) is 0 Å². The van der Waals surface area contributed by atoms with Crippen molar-refractivity contribution >= 4 is 43.6 Å². The van der Waals surface area contributed by atoms with Gasteiger partial charge in [0, 0.05) is 32.8 Å². The van der Waals surface area contributed by atoms with Crippen LogP contribution in [-0.4, -0.2) is 9.13 Å². The Morgan fingerprint density at radius 3 is 1.62 bits per heavy atom. The number of rotatable bonds is 4. The molecular formula is C45H25N5. The van der Waals surface area contributed by atoms with Crippen molar-refractivity contribution in [2.75, 3.05) is 0 Å². The summed E-state index contributed by atoms with van der Waals surface area (Å²) < 4.78 is 4.39. The summed E-state index contributed by atoms with van der Waals surface area (Å²) in [6, 6.07) is 57.7. The molecule has 2 heterocycles. The molecule has 0 bridgehead atoms. The molecule has 0 amide bonds. The maximum atomic E-state index is 10.4. The van der Waals surface area contributed by atoms with Crippen LogP contribution in [0.25, 0.3) is 77.2 Å². The SMILES string of the molecule is N#Cc1ccc2c(c1)c1ccccc1n2-c1cccc(C#N)c1-c1ccc(-c2ccc(-n3c4ccccc4c4ccccc43)cc2C#N)cc1. The highest BCUT2D eigenvalue weighted by atomic mass is 15.0. The molecule has 5 heteroatoms. The lowest BCUT2D eigenvalue weighted by Gasteiger charge is -2.16. The van der Waals surface area contributed by atoms with Gasteiger partial charge in [0.05, 0.1) is 62.7 Å². The summed E-state index contributed by atoms with van der Waals surface area (Å²) in [5.41, 5.74) is 11.1. The van der Waals surface area contributed by atoms with Crippen LogP contribution < -0.4 is 0 Å². The number of benzene rings is 7. The Bertz CT molecular complexity index is 2900. The van der Waals surface area contributed by atoms with Gasteiger partial charge in [0.1, 0.15) is 0 Å². The van der Waals surface area contributed by atoms with Gasteiger partial charge < -0.3 is 9.13 Å². The topological polar surface area (TPSA) is 81.2 Å². The summed E-state index contributed by atoms with van der Waals surface area (Å²) >= 11 is 0. The minimum Gasteiger partial charge on any atom is -0.309 e. The Morgan fingerprint density at radius 2 is 0.980 bits per heavy atom. The summed E-state index contributed by atoms with van der Waals surface area (Å²) in [6.07, 6.45) is 0. The lowest BCUT2D eigenvalue weighted by molar-refractivity contribution is 1.18. The normalized spacial score (nSPS) is 11.1. The Labute approximate surface area is 287 Å². The van der Waals surface area contributed by atoms with E-state index in [-0.39, 0.29) is 0 Å². The van der Waals surface area contributed by atoms with Gasteiger partial charge in [0.25, 0.3) is 0 Å². The van der Waals surface area contributed by atoms with Crippen LogP contribution in [0.3, 0.4) is 0 Å².